The molecule has 0 aromatic heterocycles. The van der Waals surface area contributed by atoms with E-state index in [0.717, 1.165) is 33.0 Å². The summed E-state index contributed by atoms with van der Waals surface area (Å²) < 4.78 is 22.5. The molecule has 0 bridgehead atoms. The zero-order valence-corrected chi connectivity index (χ0v) is 12.5. The van der Waals surface area contributed by atoms with Crippen LogP contribution < -0.4 is 18.9 Å². The maximum Gasteiger partial charge on any atom is 0.231 e. The average molecular weight is 337 g/mol. The minimum absolute atomic E-state index is 0.268. The molecule has 2 aromatic rings. The Hall–Kier alpha value is -1.88. The predicted molar refractivity (Wildman–Crippen MR) is 77.6 cm³/mol. The second-order valence-electron chi connectivity index (χ2n) is 4.26. The number of hydrogen-bond donors (Lipinski definition) is 0. The van der Waals surface area contributed by atoms with E-state index in [2.05, 4.69) is 15.9 Å². The molecule has 3 rings (SSSR count). The van der Waals surface area contributed by atoms with E-state index in [-0.39, 0.29) is 6.79 Å². The fourth-order valence-electron chi connectivity index (χ4n) is 1.90. The van der Waals surface area contributed by atoms with Crippen molar-refractivity contribution < 1.29 is 18.9 Å². The minimum Gasteiger partial charge on any atom is -0.497 e. The fraction of sp³-hybridized carbons (Fsp3) is 0.200. The molecule has 0 atom stereocenters. The minimum atomic E-state index is 0.268. The van der Waals surface area contributed by atoms with Crippen molar-refractivity contribution >= 4 is 15.9 Å². The van der Waals surface area contributed by atoms with Crippen LogP contribution >= 0.6 is 15.9 Å². The summed E-state index contributed by atoms with van der Waals surface area (Å²) in [5.74, 6) is 3.10. The lowest BCUT2D eigenvalue weighted by Crippen LogP contribution is -1.97. The molecular weight excluding hydrogens is 324 g/mol. The second kappa shape index (κ2) is 5.63. The monoisotopic (exact) mass is 336 g/mol. The quantitative estimate of drug-likeness (QED) is 0.851. The molecule has 0 N–H and O–H groups in total. The number of ether oxygens (including phenoxy) is 4. The summed E-state index contributed by atoms with van der Waals surface area (Å²) in [6.07, 6.45) is 0. The van der Waals surface area contributed by atoms with Crippen molar-refractivity contribution in [3.63, 3.8) is 0 Å². The molecule has 0 amide bonds. The van der Waals surface area contributed by atoms with E-state index in [9.17, 15) is 0 Å². The van der Waals surface area contributed by atoms with Crippen LogP contribution in [0, 0.1) is 0 Å². The van der Waals surface area contributed by atoms with Gasteiger partial charge in [0.2, 0.25) is 6.79 Å². The van der Waals surface area contributed by atoms with Crippen LogP contribution in [0.5, 0.6) is 23.0 Å². The Morgan fingerprint density at radius 2 is 1.70 bits per heavy atom. The molecule has 1 aliphatic heterocycles. The maximum absolute atomic E-state index is 5.75. The van der Waals surface area contributed by atoms with E-state index >= 15 is 0 Å². The lowest BCUT2D eigenvalue weighted by Gasteiger charge is -2.09. The maximum atomic E-state index is 5.75. The third-order valence-corrected chi connectivity index (χ3v) is 3.73. The van der Waals surface area contributed by atoms with E-state index in [0.29, 0.717) is 6.61 Å². The largest absolute Gasteiger partial charge is 0.497 e. The molecule has 1 aliphatic rings. The van der Waals surface area contributed by atoms with Gasteiger partial charge in [-0.3, -0.25) is 0 Å². The Balaban J connectivity index is 1.71. The Morgan fingerprint density at radius 1 is 1.05 bits per heavy atom. The Kier molecular flexibility index (Phi) is 3.69. The summed E-state index contributed by atoms with van der Waals surface area (Å²) in [4.78, 5) is 0. The molecule has 5 heteroatoms. The zero-order chi connectivity index (χ0) is 13.9. The van der Waals surface area contributed by atoms with E-state index in [1.165, 1.54) is 0 Å². The number of benzene rings is 2. The Bertz CT molecular complexity index is 610. The lowest BCUT2D eigenvalue weighted by atomic mass is 10.2. The number of methoxy groups -OCH3 is 1. The molecule has 0 aliphatic carbocycles. The first-order chi connectivity index (χ1) is 9.76. The molecule has 0 saturated carbocycles. The van der Waals surface area contributed by atoms with Gasteiger partial charge < -0.3 is 18.9 Å². The van der Waals surface area contributed by atoms with E-state index in [1.807, 2.05) is 36.4 Å². The highest BCUT2D eigenvalue weighted by atomic mass is 79.9. The van der Waals surface area contributed by atoms with Gasteiger partial charge in [0.25, 0.3) is 0 Å². The van der Waals surface area contributed by atoms with Crippen molar-refractivity contribution in [2.75, 3.05) is 13.9 Å². The van der Waals surface area contributed by atoms with E-state index < -0.39 is 0 Å². The topological polar surface area (TPSA) is 36.9 Å². The van der Waals surface area contributed by atoms with E-state index in [1.54, 1.807) is 7.11 Å². The normalized spacial score (nSPS) is 12.3. The summed E-state index contributed by atoms with van der Waals surface area (Å²) in [5, 5.41) is 0. The Labute approximate surface area is 125 Å². The molecule has 0 fully saturated rings. The highest BCUT2D eigenvalue weighted by molar-refractivity contribution is 9.10. The zero-order valence-electron chi connectivity index (χ0n) is 10.9. The van der Waals surface area contributed by atoms with Gasteiger partial charge in [0.1, 0.15) is 18.1 Å². The van der Waals surface area contributed by atoms with Gasteiger partial charge >= 0.3 is 0 Å². The van der Waals surface area contributed by atoms with Crippen molar-refractivity contribution in [1.29, 1.82) is 0 Å². The van der Waals surface area contributed by atoms with Gasteiger partial charge in [-0.15, -0.1) is 0 Å². The molecule has 20 heavy (non-hydrogen) atoms. The number of halogens is 1. The Morgan fingerprint density at radius 3 is 2.40 bits per heavy atom. The summed E-state index contributed by atoms with van der Waals surface area (Å²) in [5.41, 5.74) is 1.00. The third-order valence-electron chi connectivity index (χ3n) is 3.00. The molecular formula is C15H13BrO4. The van der Waals surface area contributed by atoms with Gasteiger partial charge in [0.05, 0.1) is 7.11 Å². The van der Waals surface area contributed by atoms with Crippen LogP contribution in [-0.4, -0.2) is 13.9 Å². The van der Waals surface area contributed by atoms with Crippen LogP contribution in [0.3, 0.4) is 0 Å². The van der Waals surface area contributed by atoms with Gasteiger partial charge in [-0.2, -0.15) is 0 Å². The molecule has 104 valence electrons. The molecule has 0 saturated heterocycles. The highest BCUT2D eigenvalue weighted by Crippen LogP contribution is 2.37. The van der Waals surface area contributed by atoms with Crippen LogP contribution in [0.4, 0.5) is 0 Å². The first-order valence-electron chi connectivity index (χ1n) is 6.11. The molecule has 2 aromatic carbocycles. The summed E-state index contributed by atoms with van der Waals surface area (Å²) in [7, 11) is 1.64. The van der Waals surface area contributed by atoms with Gasteiger partial charge in [0, 0.05) is 10.0 Å². The van der Waals surface area contributed by atoms with Crippen molar-refractivity contribution in [2.45, 2.75) is 6.61 Å². The van der Waals surface area contributed by atoms with Gasteiger partial charge in [-0.1, -0.05) is 15.9 Å². The smallest absolute Gasteiger partial charge is 0.231 e. The first-order valence-corrected chi connectivity index (χ1v) is 6.90. The lowest BCUT2D eigenvalue weighted by molar-refractivity contribution is 0.174. The van der Waals surface area contributed by atoms with Crippen LogP contribution in [0.2, 0.25) is 0 Å². The van der Waals surface area contributed by atoms with Crippen LogP contribution in [-0.2, 0) is 6.61 Å². The summed E-state index contributed by atoms with van der Waals surface area (Å²) >= 11 is 3.51. The highest BCUT2D eigenvalue weighted by Gasteiger charge is 2.16. The second-order valence-corrected chi connectivity index (χ2v) is 5.12. The summed E-state index contributed by atoms with van der Waals surface area (Å²) in [6, 6.07) is 11.3. The van der Waals surface area contributed by atoms with Crippen molar-refractivity contribution in [3.05, 3.63) is 46.4 Å². The molecule has 4 nitrogen and oxygen atoms in total. The van der Waals surface area contributed by atoms with E-state index in [4.69, 9.17) is 18.9 Å². The standard InChI is InChI=1S/C15H13BrO4/c1-17-11-2-4-12(5-3-11)18-8-10-6-14-15(7-13(10)16)20-9-19-14/h2-7H,8-9H2,1H3. The van der Waals surface area contributed by atoms with Crippen LogP contribution in [0.1, 0.15) is 5.56 Å². The molecule has 0 spiro atoms. The van der Waals surface area contributed by atoms with Crippen LogP contribution in [0.25, 0.3) is 0 Å². The summed E-state index contributed by atoms with van der Waals surface area (Å²) in [6.45, 7) is 0.716. The molecule has 1 heterocycles. The van der Waals surface area contributed by atoms with Crippen LogP contribution in [0.15, 0.2) is 40.9 Å². The van der Waals surface area contributed by atoms with Gasteiger partial charge in [-0.25, -0.2) is 0 Å². The number of fused-ring (bicyclic) bond motifs is 1. The SMILES string of the molecule is COc1ccc(OCc2cc3c(cc2Br)OCO3)cc1. The molecule has 0 unspecified atom stereocenters. The van der Waals surface area contributed by atoms with Crippen molar-refractivity contribution in [1.82, 2.24) is 0 Å². The molecule has 0 radical (unpaired) electrons. The number of rotatable bonds is 4. The number of hydrogen-bond acceptors (Lipinski definition) is 4. The first kappa shape index (κ1) is 13.1. The third kappa shape index (κ3) is 2.67. The van der Waals surface area contributed by atoms with Gasteiger partial charge in [-0.05, 0) is 36.4 Å². The fourth-order valence-corrected chi connectivity index (χ4v) is 2.34. The van der Waals surface area contributed by atoms with Crippen molar-refractivity contribution in [3.8, 4) is 23.0 Å². The predicted octanol–water partition coefficient (Wildman–Crippen LogP) is 3.77. The van der Waals surface area contributed by atoms with Crippen molar-refractivity contribution in [2.24, 2.45) is 0 Å². The average Bonchev–Trinajstić information content (AvgIpc) is 2.92. The van der Waals surface area contributed by atoms with Gasteiger partial charge in [0.15, 0.2) is 11.5 Å².